The quantitative estimate of drug-likeness (QED) is 0.447. The number of fused-ring (bicyclic) bond motifs is 1. The third-order valence-electron chi connectivity index (χ3n) is 4.78. The smallest absolute Gasteiger partial charge is 0.261 e. The van der Waals surface area contributed by atoms with Crippen LogP contribution < -0.4 is 5.32 Å². The lowest BCUT2D eigenvalue weighted by Crippen LogP contribution is -2.21. The molecule has 0 saturated heterocycles. The molecule has 164 valence electrons. The lowest BCUT2D eigenvalue weighted by atomic mass is 10.2. The molecule has 0 fully saturated rings. The van der Waals surface area contributed by atoms with Crippen LogP contribution in [-0.4, -0.2) is 34.0 Å². The van der Waals surface area contributed by atoms with E-state index < -0.39 is 19.7 Å². The highest BCUT2D eigenvalue weighted by atomic mass is 32.2. The molecule has 0 aliphatic rings. The number of hydrogen-bond acceptors (Lipinski definition) is 7. The maximum Gasteiger partial charge on any atom is 0.261 e. The van der Waals surface area contributed by atoms with Gasteiger partial charge in [0.2, 0.25) is 9.84 Å². The first-order valence-corrected chi connectivity index (χ1v) is 13.6. The molecule has 2 heterocycles. The van der Waals surface area contributed by atoms with E-state index in [9.17, 15) is 21.6 Å². The fourth-order valence-corrected chi connectivity index (χ4v) is 6.05. The number of aromatic nitrogens is 1. The lowest BCUT2D eigenvalue weighted by Gasteiger charge is -2.08. The van der Waals surface area contributed by atoms with Crippen molar-refractivity contribution in [3.8, 4) is 0 Å². The summed E-state index contributed by atoms with van der Waals surface area (Å²) >= 11 is 1.35. The van der Waals surface area contributed by atoms with Gasteiger partial charge in [-0.2, -0.15) is 0 Å². The Labute approximate surface area is 189 Å². The summed E-state index contributed by atoms with van der Waals surface area (Å²) in [4.78, 5) is 16.9. The van der Waals surface area contributed by atoms with Gasteiger partial charge in [0.15, 0.2) is 9.84 Å². The molecule has 1 N–H and O–H groups in total. The summed E-state index contributed by atoms with van der Waals surface area (Å²) in [5.41, 5.74) is 0.727. The van der Waals surface area contributed by atoms with Crippen LogP contribution >= 0.6 is 11.3 Å². The van der Waals surface area contributed by atoms with Gasteiger partial charge < -0.3 is 5.32 Å². The van der Waals surface area contributed by atoms with E-state index in [0.29, 0.717) is 4.88 Å². The van der Waals surface area contributed by atoms with Crippen molar-refractivity contribution in [2.45, 2.75) is 21.2 Å². The van der Waals surface area contributed by atoms with Crippen molar-refractivity contribution in [2.24, 2.45) is 0 Å². The topological polar surface area (TPSA) is 110 Å². The Hall–Kier alpha value is -3.08. The summed E-state index contributed by atoms with van der Waals surface area (Å²) in [5, 5.41) is 3.77. The Balaban J connectivity index is 1.48. The molecular weight excluding hydrogens is 468 g/mol. The number of benzene rings is 2. The van der Waals surface area contributed by atoms with Crippen LogP contribution in [0.4, 0.5) is 0 Å². The van der Waals surface area contributed by atoms with Gasteiger partial charge in [-0.25, -0.2) is 16.8 Å². The normalized spacial score (nSPS) is 12.0. The lowest BCUT2D eigenvalue weighted by molar-refractivity contribution is 0.0955. The van der Waals surface area contributed by atoms with Crippen molar-refractivity contribution in [2.75, 3.05) is 6.26 Å². The summed E-state index contributed by atoms with van der Waals surface area (Å²) in [6.07, 6.45) is 4.41. The zero-order valence-electron chi connectivity index (χ0n) is 16.8. The van der Waals surface area contributed by atoms with Gasteiger partial charge in [-0.1, -0.05) is 18.2 Å². The van der Waals surface area contributed by atoms with Crippen molar-refractivity contribution in [1.82, 2.24) is 10.3 Å². The zero-order valence-corrected chi connectivity index (χ0v) is 19.3. The van der Waals surface area contributed by atoms with E-state index in [0.717, 1.165) is 28.0 Å². The van der Waals surface area contributed by atoms with Crippen molar-refractivity contribution >= 4 is 47.0 Å². The van der Waals surface area contributed by atoms with Crippen molar-refractivity contribution in [1.29, 1.82) is 0 Å². The van der Waals surface area contributed by atoms with Crippen LogP contribution in [0.3, 0.4) is 0 Å². The first kappa shape index (κ1) is 22.1. The number of pyridine rings is 1. The second kappa shape index (κ2) is 8.45. The molecule has 2 aromatic heterocycles. The minimum Gasteiger partial charge on any atom is -0.347 e. The van der Waals surface area contributed by atoms with Gasteiger partial charge in [0, 0.05) is 25.2 Å². The summed E-state index contributed by atoms with van der Waals surface area (Å²) in [6.45, 7) is 0.231. The summed E-state index contributed by atoms with van der Waals surface area (Å²) < 4.78 is 50.2. The molecule has 4 aromatic rings. The molecule has 0 saturated carbocycles. The van der Waals surface area contributed by atoms with Crippen molar-refractivity contribution < 1.29 is 21.6 Å². The van der Waals surface area contributed by atoms with Crippen LogP contribution in [0.2, 0.25) is 0 Å². The molecule has 0 spiro atoms. The molecule has 0 atom stereocenters. The highest BCUT2D eigenvalue weighted by Gasteiger charge is 2.20. The standard InChI is InChI=1S/C22H18N2O5S3/c1-31(26,27)18-3-2-4-19(12-18)32(28,29)17-7-5-15(6-8-17)13-24-22(25)20-11-16-9-10-23-14-21(16)30-20/h2-12,14H,13H2,1H3,(H,24,25). The van der Waals surface area contributed by atoms with E-state index in [-0.39, 0.29) is 27.1 Å². The first-order chi connectivity index (χ1) is 15.1. The van der Waals surface area contributed by atoms with E-state index in [1.807, 2.05) is 6.07 Å². The molecule has 32 heavy (non-hydrogen) atoms. The average molecular weight is 487 g/mol. The Morgan fingerprint density at radius 3 is 2.34 bits per heavy atom. The Bertz CT molecular complexity index is 1490. The molecule has 0 aliphatic carbocycles. The molecule has 2 aromatic carbocycles. The second-order valence-corrected chi connectivity index (χ2v) is 12.2. The van der Waals surface area contributed by atoms with Gasteiger partial charge >= 0.3 is 0 Å². The van der Waals surface area contributed by atoms with Gasteiger partial charge in [-0.15, -0.1) is 11.3 Å². The van der Waals surface area contributed by atoms with Crippen LogP contribution in [0, 0.1) is 0 Å². The molecule has 4 rings (SSSR count). The SMILES string of the molecule is CS(=O)(=O)c1cccc(S(=O)(=O)c2ccc(CNC(=O)c3cc4ccncc4s3)cc2)c1. The maximum atomic E-state index is 12.9. The molecular formula is C22H18N2O5S3. The van der Waals surface area contributed by atoms with E-state index in [1.165, 1.54) is 41.7 Å². The maximum absolute atomic E-state index is 12.9. The second-order valence-electron chi connectivity index (χ2n) is 7.10. The first-order valence-electron chi connectivity index (χ1n) is 9.40. The zero-order chi connectivity index (χ0) is 22.9. The average Bonchev–Trinajstić information content (AvgIpc) is 3.22. The monoisotopic (exact) mass is 486 g/mol. The number of amides is 1. The van der Waals surface area contributed by atoms with Crippen molar-refractivity contribution in [3.63, 3.8) is 0 Å². The number of carbonyl (C=O) groups excluding carboxylic acids is 1. The highest BCUT2D eigenvalue weighted by Crippen LogP contribution is 2.25. The number of nitrogens with zero attached hydrogens (tertiary/aromatic N) is 1. The predicted molar refractivity (Wildman–Crippen MR) is 122 cm³/mol. The summed E-state index contributed by atoms with van der Waals surface area (Å²) in [7, 11) is -7.41. The summed E-state index contributed by atoms with van der Waals surface area (Å²) in [5.74, 6) is -0.222. The summed E-state index contributed by atoms with van der Waals surface area (Å²) in [6, 6.07) is 15.0. The molecule has 7 nitrogen and oxygen atoms in total. The van der Waals surface area contributed by atoms with Crippen LogP contribution in [-0.2, 0) is 26.2 Å². The van der Waals surface area contributed by atoms with Crippen molar-refractivity contribution in [3.05, 3.63) is 83.5 Å². The van der Waals surface area contributed by atoms with E-state index in [1.54, 1.807) is 30.6 Å². The van der Waals surface area contributed by atoms with Crippen LogP contribution in [0.5, 0.6) is 0 Å². The van der Waals surface area contributed by atoms with Gasteiger partial charge in [-0.3, -0.25) is 9.78 Å². The number of hydrogen-bond donors (Lipinski definition) is 1. The number of carbonyl (C=O) groups is 1. The number of nitrogens with one attached hydrogen (secondary N) is 1. The third kappa shape index (κ3) is 4.57. The largest absolute Gasteiger partial charge is 0.347 e. The van der Waals surface area contributed by atoms with E-state index >= 15 is 0 Å². The fraction of sp³-hybridized carbons (Fsp3) is 0.0909. The number of sulfone groups is 2. The fourth-order valence-electron chi connectivity index (χ4n) is 3.06. The minimum atomic E-state index is -3.88. The Kier molecular flexibility index (Phi) is 5.85. The molecule has 0 unspecified atom stereocenters. The molecule has 0 radical (unpaired) electrons. The predicted octanol–water partition coefficient (Wildman–Crippen LogP) is 3.46. The third-order valence-corrected chi connectivity index (χ3v) is 8.74. The molecule has 10 heteroatoms. The highest BCUT2D eigenvalue weighted by molar-refractivity contribution is 7.92. The molecule has 0 bridgehead atoms. The Morgan fingerprint density at radius 2 is 1.66 bits per heavy atom. The van der Waals surface area contributed by atoms with Gasteiger partial charge in [-0.05, 0) is 53.4 Å². The van der Waals surface area contributed by atoms with Gasteiger partial charge in [0.25, 0.3) is 5.91 Å². The number of rotatable bonds is 6. The minimum absolute atomic E-state index is 0.0373. The van der Waals surface area contributed by atoms with Crippen LogP contribution in [0.1, 0.15) is 15.2 Å². The van der Waals surface area contributed by atoms with Crippen LogP contribution in [0.25, 0.3) is 10.1 Å². The number of thiophene rings is 1. The Morgan fingerprint density at radius 1 is 0.938 bits per heavy atom. The van der Waals surface area contributed by atoms with E-state index in [4.69, 9.17) is 0 Å². The van der Waals surface area contributed by atoms with Crippen LogP contribution in [0.15, 0.2) is 87.7 Å². The van der Waals surface area contributed by atoms with E-state index in [2.05, 4.69) is 10.3 Å². The molecule has 0 aliphatic heterocycles. The van der Waals surface area contributed by atoms with Gasteiger partial charge in [0.05, 0.1) is 24.3 Å². The van der Waals surface area contributed by atoms with Gasteiger partial charge in [0.1, 0.15) is 0 Å². The molecule has 1 amide bonds.